The summed E-state index contributed by atoms with van der Waals surface area (Å²) in [6, 6.07) is 5.40. The molecule has 0 aliphatic heterocycles. The van der Waals surface area contributed by atoms with Gasteiger partial charge in [0.25, 0.3) is 11.1 Å². The van der Waals surface area contributed by atoms with Gasteiger partial charge in [-0.25, -0.2) is 9.18 Å². The number of hydrogen-bond donors (Lipinski definition) is 2. The average Bonchev–Trinajstić information content (AvgIpc) is 3.02. The zero-order valence-electron chi connectivity index (χ0n) is 15.4. The first-order valence-corrected chi connectivity index (χ1v) is 9.12. The molecule has 2 aromatic rings. The molecular weight excluding hydrogens is 375 g/mol. The van der Waals surface area contributed by atoms with E-state index in [1.54, 1.807) is 39.8 Å². The summed E-state index contributed by atoms with van der Waals surface area (Å²) in [5.41, 5.74) is -0.451. The van der Waals surface area contributed by atoms with Gasteiger partial charge < -0.3 is 14.5 Å². The van der Waals surface area contributed by atoms with Gasteiger partial charge in [-0.2, -0.15) is 0 Å². The lowest BCUT2D eigenvalue weighted by Crippen LogP contribution is -2.48. The molecule has 0 bridgehead atoms. The molecule has 0 aliphatic rings. The number of ether oxygens (including phenoxy) is 1. The summed E-state index contributed by atoms with van der Waals surface area (Å²) in [4.78, 5) is 23.4. The molecule has 10 heteroatoms. The highest BCUT2D eigenvalue weighted by Gasteiger charge is 2.19. The van der Waals surface area contributed by atoms with Crippen LogP contribution in [0.1, 0.15) is 39.7 Å². The normalized spacial score (nSPS) is 12.3. The molecule has 2 N–H and O–H groups in total. The number of imide groups is 1. The third-order valence-electron chi connectivity index (χ3n) is 2.98. The summed E-state index contributed by atoms with van der Waals surface area (Å²) < 4.78 is 24.5. The predicted molar refractivity (Wildman–Crippen MR) is 96.9 cm³/mol. The zero-order valence-corrected chi connectivity index (χ0v) is 16.2. The predicted octanol–water partition coefficient (Wildman–Crippen LogP) is 3.07. The van der Waals surface area contributed by atoms with Crippen molar-refractivity contribution >= 4 is 23.7 Å². The Bertz CT molecular complexity index is 806. The molecule has 1 heterocycles. The Hall–Kier alpha value is -2.62. The van der Waals surface area contributed by atoms with Gasteiger partial charge in [-0.3, -0.25) is 10.1 Å². The van der Waals surface area contributed by atoms with Crippen molar-refractivity contribution in [2.75, 3.05) is 5.75 Å². The van der Waals surface area contributed by atoms with Crippen molar-refractivity contribution in [3.05, 3.63) is 36.0 Å². The Morgan fingerprint density at radius 2 is 2.00 bits per heavy atom. The minimum Gasteiger partial charge on any atom is -0.478 e. The molecule has 0 aliphatic carbocycles. The molecule has 0 unspecified atom stereocenters. The molecule has 1 atom stereocenters. The highest BCUT2D eigenvalue weighted by atomic mass is 32.2. The van der Waals surface area contributed by atoms with Crippen LogP contribution in [0.15, 0.2) is 33.9 Å². The maximum absolute atomic E-state index is 13.6. The first-order valence-electron chi connectivity index (χ1n) is 8.13. The first-order chi connectivity index (χ1) is 12.6. The van der Waals surface area contributed by atoms with Gasteiger partial charge in [0.2, 0.25) is 5.91 Å². The number of rotatable bonds is 6. The van der Waals surface area contributed by atoms with E-state index in [2.05, 4.69) is 20.8 Å². The number of benzene rings is 1. The van der Waals surface area contributed by atoms with Gasteiger partial charge in [0, 0.05) is 5.54 Å². The fourth-order valence-corrected chi connectivity index (χ4v) is 2.46. The van der Waals surface area contributed by atoms with Gasteiger partial charge >= 0.3 is 6.03 Å². The summed E-state index contributed by atoms with van der Waals surface area (Å²) in [5.74, 6) is -0.865. The van der Waals surface area contributed by atoms with Gasteiger partial charge in [0.05, 0.1) is 5.75 Å². The van der Waals surface area contributed by atoms with Crippen LogP contribution in [-0.2, 0) is 4.79 Å². The molecule has 2 rings (SSSR count). The minimum absolute atomic E-state index is 0.0710. The van der Waals surface area contributed by atoms with Crippen molar-refractivity contribution in [1.29, 1.82) is 0 Å². The summed E-state index contributed by atoms with van der Waals surface area (Å²) in [6.07, 6.45) is -0.671. The number of carbonyl (C=O) groups is 2. The van der Waals surface area contributed by atoms with Gasteiger partial charge in [-0.15, -0.1) is 10.2 Å². The van der Waals surface area contributed by atoms with Gasteiger partial charge in [0.1, 0.15) is 0 Å². The smallest absolute Gasteiger partial charge is 0.321 e. The highest BCUT2D eigenvalue weighted by molar-refractivity contribution is 7.99. The number of amides is 3. The summed E-state index contributed by atoms with van der Waals surface area (Å²) in [5, 5.41) is 12.6. The van der Waals surface area contributed by atoms with Gasteiger partial charge in [0.15, 0.2) is 17.7 Å². The SMILES string of the molecule is C[C@H](Oc1ccccc1F)c1nnc(SCC(=O)NC(=O)NC(C)(C)C)o1. The van der Waals surface area contributed by atoms with Crippen molar-refractivity contribution < 1.29 is 23.1 Å². The Morgan fingerprint density at radius 1 is 1.30 bits per heavy atom. The third kappa shape index (κ3) is 6.89. The molecule has 3 amide bonds. The molecule has 27 heavy (non-hydrogen) atoms. The molecule has 0 saturated carbocycles. The van der Waals surface area contributed by atoms with E-state index in [1.165, 1.54) is 12.1 Å². The molecule has 0 fully saturated rings. The number of nitrogens with zero attached hydrogens (tertiary/aromatic N) is 2. The van der Waals surface area contributed by atoms with Crippen molar-refractivity contribution in [2.45, 2.75) is 44.6 Å². The summed E-state index contributed by atoms with van der Waals surface area (Å²) >= 11 is 0.974. The Morgan fingerprint density at radius 3 is 2.67 bits per heavy atom. The molecule has 1 aromatic carbocycles. The monoisotopic (exact) mass is 396 g/mol. The number of hydrogen-bond acceptors (Lipinski definition) is 7. The second-order valence-electron chi connectivity index (χ2n) is 6.64. The number of halogens is 1. The fourth-order valence-electron chi connectivity index (χ4n) is 1.89. The topological polar surface area (TPSA) is 106 Å². The summed E-state index contributed by atoms with van der Waals surface area (Å²) in [7, 11) is 0. The van der Waals surface area contributed by atoms with Crippen LogP contribution in [-0.4, -0.2) is 33.4 Å². The molecule has 0 radical (unpaired) electrons. The van der Waals surface area contributed by atoms with E-state index in [-0.39, 0.29) is 22.6 Å². The van der Waals surface area contributed by atoms with Crippen LogP contribution < -0.4 is 15.4 Å². The first kappa shape index (κ1) is 20.7. The van der Waals surface area contributed by atoms with Crippen LogP contribution in [0.25, 0.3) is 0 Å². The van der Waals surface area contributed by atoms with E-state index in [0.29, 0.717) is 0 Å². The number of thioether (sulfide) groups is 1. The number of carbonyl (C=O) groups excluding carboxylic acids is 2. The van der Waals surface area contributed by atoms with E-state index in [0.717, 1.165) is 11.8 Å². The van der Waals surface area contributed by atoms with Crippen LogP contribution in [0.2, 0.25) is 0 Å². The second kappa shape index (κ2) is 8.85. The van der Waals surface area contributed by atoms with Crippen LogP contribution in [0.3, 0.4) is 0 Å². The highest BCUT2D eigenvalue weighted by Crippen LogP contribution is 2.25. The van der Waals surface area contributed by atoms with E-state index in [4.69, 9.17) is 9.15 Å². The lowest BCUT2D eigenvalue weighted by Gasteiger charge is -2.20. The lowest BCUT2D eigenvalue weighted by molar-refractivity contribution is -0.117. The third-order valence-corrected chi connectivity index (χ3v) is 3.80. The Labute approximate surface area is 160 Å². The zero-order chi connectivity index (χ0) is 20.0. The number of aromatic nitrogens is 2. The van der Waals surface area contributed by atoms with E-state index in [9.17, 15) is 14.0 Å². The number of para-hydroxylation sites is 1. The van der Waals surface area contributed by atoms with Crippen LogP contribution >= 0.6 is 11.8 Å². The van der Waals surface area contributed by atoms with Crippen molar-refractivity contribution in [2.24, 2.45) is 0 Å². The Kier molecular flexibility index (Phi) is 6.78. The molecule has 0 spiro atoms. The molecule has 1 aromatic heterocycles. The van der Waals surface area contributed by atoms with Crippen LogP contribution in [0.4, 0.5) is 9.18 Å². The largest absolute Gasteiger partial charge is 0.478 e. The average molecular weight is 396 g/mol. The van der Waals surface area contributed by atoms with Gasteiger partial charge in [-0.05, 0) is 39.8 Å². The molecular formula is C17H21FN4O4S. The number of nitrogens with one attached hydrogen (secondary N) is 2. The molecule has 146 valence electrons. The Balaban J connectivity index is 1.84. The van der Waals surface area contributed by atoms with E-state index >= 15 is 0 Å². The summed E-state index contributed by atoms with van der Waals surface area (Å²) in [6.45, 7) is 7.04. The van der Waals surface area contributed by atoms with E-state index < -0.39 is 29.4 Å². The van der Waals surface area contributed by atoms with Crippen LogP contribution in [0.5, 0.6) is 5.75 Å². The molecule has 0 saturated heterocycles. The van der Waals surface area contributed by atoms with Gasteiger partial charge in [-0.1, -0.05) is 23.9 Å². The van der Waals surface area contributed by atoms with Crippen LogP contribution in [0, 0.1) is 5.82 Å². The number of urea groups is 1. The van der Waals surface area contributed by atoms with Crippen molar-refractivity contribution in [1.82, 2.24) is 20.8 Å². The van der Waals surface area contributed by atoms with E-state index in [1.807, 2.05) is 0 Å². The lowest BCUT2D eigenvalue weighted by atomic mass is 10.1. The van der Waals surface area contributed by atoms with Crippen molar-refractivity contribution in [3.63, 3.8) is 0 Å². The molecule has 8 nitrogen and oxygen atoms in total. The fraction of sp³-hybridized carbons (Fsp3) is 0.412. The minimum atomic E-state index is -0.671. The standard InChI is InChI=1S/C17H21FN4O4S/c1-10(25-12-8-6-5-7-11(12)18)14-21-22-16(26-14)27-9-13(23)19-15(24)20-17(2,3)4/h5-8,10H,9H2,1-4H3,(H2,19,20,23,24)/t10-/m0/s1. The maximum atomic E-state index is 13.6. The van der Waals surface area contributed by atoms with Crippen molar-refractivity contribution in [3.8, 4) is 5.75 Å². The second-order valence-corrected chi connectivity index (χ2v) is 7.56. The maximum Gasteiger partial charge on any atom is 0.321 e. The quantitative estimate of drug-likeness (QED) is 0.723.